The van der Waals surface area contributed by atoms with Crippen LogP contribution in [0.5, 0.6) is 0 Å². The largest absolute Gasteiger partial charge is 0.452 e. The molecule has 27 heavy (non-hydrogen) atoms. The Morgan fingerprint density at radius 2 is 1.93 bits per heavy atom. The molecule has 1 saturated heterocycles. The number of esters is 1. The molecule has 9 heteroatoms. The van der Waals surface area contributed by atoms with Crippen LogP contribution in [0.3, 0.4) is 0 Å². The number of benzene rings is 1. The molecule has 3 rings (SSSR count). The highest BCUT2D eigenvalue weighted by atomic mass is 35.5. The summed E-state index contributed by atoms with van der Waals surface area (Å²) in [5, 5.41) is 0. The van der Waals surface area contributed by atoms with Crippen molar-refractivity contribution < 1.29 is 18.7 Å². The van der Waals surface area contributed by atoms with Gasteiger partial charge in [-0.1, -0.05) is 11.6 Å². The SMILES string of the molecule is Nc1cc(F)ccc1C(=O)OCC(=O)N1CCN(Cc2ccc(Cl)s2)CC1. The number of ether oxygens (including phenoxy) is 1. The third kappa shape index (κ3) is 5.18. The van der Waals surface area contributed by atoms with Crippen molar-refractivity contribution in [2.24, 2.45) is 0 Å². The van der Waals surface area contributed by atoms with Gasteiger partial charge in [0.1, 0.15) is 5.82 Å². The summed E-state index contributed by atoms with van der Waals surface area (Å²) in [6.45, 7) is 3.04. The molecule has 1 aromatic heterocycles. The van der Waals surface area contributed by atoms with E-state index in [0.29, 0.717) is 13.1 Å². The summed E-state index contributed by atoms with van der Waals surface area (Å²) in [5.74, 6) is -1.54. The van der Waals surface area contributed by atoms with E-state index in [2.05, 4.69) is 4.90 Å². The summed E-state index contributed by atoms with van der Waals surface area (Å²) in [6, 6.07) is 7.29. The first-order valence-electron chi connectivity index (χ1n) is 8.39. The average molecular weight is 412 g/mol. The number of nitrogens with two attached hydrogens (primary N) is 1. The van der Waals surface area contributed by atoms with E-state index in [1.165, 1.54) is 10.9 Å². The highest BCUT2D eigenvalue weighted by molar-refractivity contribution is 7.16. The van der Waals surface area contributed by atoms with Gasteiger partial charge >= 0.3 is 5.97 Å². The van der Waals surface area contributed by atoms with Crippen molar-refractivity contribution in [3.8, 4) is 0 Å². The van der Waals surface area contributed by atoms with Gasteiger partial charge in [-0.15, -0.1) is 11.3 Å². The standard InChI is InChI=1S/C18H19ClFN3O3S/c19-16-4-2-13(27-16)10-22-5-7-23(8-6-22)17(24)11-26-18(25)14-3-1-12(20)9-15(14)21/h1-4,9H,5-8,10-11,21H2. The fraction of sp³-hybridized carbons (Fsp3) is 0.333. The van der Waals surface area contributed by atoms with Crippen LogP contribution in [-0.4, -0.2) is 54.5 Å². The molecule has 1 aliphatic rings. The molecule has 0 saturated carbocycles. The summed E-state index contributed by atoms with van der Waals surface area (Å²) < 4.78 is 18.8. The number of thiophene rings is 1. The third-order valence-corrected chi connectivity index (χ3v) is 5.51. The number of carbonyl (C=O) groups excluding carboxylic acids is 2. The summed E-state index contributed by atoms with van der Waals surface area (Å²) in [6.07, 6.45) is 0. The Kier molecular flexibility index (Phi) is 6.30. The Labute approximate surface area is 165 Å². The number of hydrogen-bond donors (Lipinski definition) is 1. The topological polar surface area (TPSA) is 75.9 Å². The van der Waals surface area contributed by atoms with Crippen molar-refractivity contribution in [3.63, 3.8) is 0 Å². The second-order valence-electron chi connectivity index (χ2n) is 6.17. The molecule has 2 aromatic rings. The van der Waals surface area contributed by atoms with Crippen LogP contribution in [0.4, 0.5) is 10.1 Å². The van der Waals surface area contributed by atoms with E-state index in [1.54, 1.807) is 16.2 Å². The summed E-state index contributed by atoms with van der Waals surface area (Å²) in [4.78, 5) is 29.4. The molecular formula is C18H19ClFN3O3S. The lowest BCUT2D eigenvalue weighted by atomic mass is 10.2. The van der Waals surface area contributed by atoms with E-state index < -0.39 is 11.8 Å². The van der Waals surface area contributed by atoms with Crippen molar-refractivity contribution in [2.45, 2.75) is 6.54 Å². The number of nitrogen functional groups attached to an aromatic ring is 1. The van der Waals surface area contributed by atoms with Crippen molar-refractivity contribution >= 4 is 40.5 Å². The minimum Gasteiger partial charge on any atom is -0.452 e. The van der Waals surface area contributed by atoms with E-state index in [0.717, 1.165) is 36.1 Å². The number of nitrogens with zero attached hydrogens (tertiary/aromatic N) is 2. The van der Waals surface area contributed by atoms with E-state index in [1.807, 2.05) is 12.1 Å². The minimum absolute atomic E-state index is 0.0188. The molecule has 1 aliphatic heterocycles. The molecule has 6 nitrogen and oxygen atoms in total. The number of carbonyl (C=O) groups is 2. The quantitative estimate of drug-likeness (QED) is 0.604. The Morgan fingerprint density at radius 3 is 2.56 bits per heavy atom. The summed E-state index contributed by atoms with van der Waals surface area (Å²) in [7, 11) is 0. The van der Waals surface area contributed by atoms with Crippen LogP contribution >= 0.6 is 22.9 Å². The lowest BCUT2D eigenvalue weighted by Crippen LogP contribution is -2.49. The molecule has 2 N–H and O–H groups in total. The van der Waals surface area contributed by atoms with Gasteiger partial charge in [-0.25, -0.2) is 9.18 Å². The monoisotopic (exact) mass is 411 g/mol. The molecule has 1 fully saturated rings. The number of rotatable bonds is 5. The fourth-order valence-electron chi connectivity index (χ4n) is 2.83. The zero-order valence-electron chi connectivity index (χ0n) is 14.5. The predicted octanol–water partition coefficient (Wildman–Crippen LogP) is 2.62. The molecule has 1 amide bonds. The highest BCUT2D eigenvalue weighted by Crippen LogP contribution is 2.23. The first kappa shape index (κ1) is 19.6. The van der Waals surface area contributed by atoms with Gasteiger partial charge in [-0.3, -0.25) is 9.69 Å². The fourth-order valence-corrected chi connectivity index (χ4v) is 3.96. The second kappa shape index (κ2) is 8.69. The number of hydrogen-bond acceptors (Lipinski definition) is 6. The Hall–Kier alpha value is -2.16. The van der Waals surface area contributed by atoms with Gasteiger partial charge in [0.25, 0.3) is 5.91 Å². The van der Waals surface area contributed by atoms with E-state index >= 15 is 0 Å². The number of anilines is 1. The number of amides is 1. The molecule has 0 atom stereocenters. The van der Waals surface area contributed by atoms with E-state index in [9.17, 15) is 14.0 Å². The molecule has 2 heterocycles. The maximum absolute atomic E-state index is 13.0. The van der Waals surface area contributed by atoms with Gasteiger partial charge in [0.15, 0.2) is 6.61 Å². The average Bonchev–Trinajstić information content (AvgIpc) is 3.05. The predicted molar refractivity (Wildman–Crippen MR) is 102 cm³/mol. The lowest BCUT2D eigenvalue weighted by Gasteiger charge is -2.34. The zero-order chi connectivity index (χ0) is 19.4. The van der Waals surface area contributed by atoms with Crippen LogP contribution in [-0.2, 0) is 16.1 Å². The van der Waals surface area contributed by atoms with Crippen LogP contribution in [0.25, 0.3) is 0 Å². The van der Waals surface area contributed by atoms with Crippen LogP contribution in [0.1, 0.15) is 15.2 Å². The van der Waals surface area contributed by atoms with Crippen molar-refractivity contribution in [1.82, 2.24) is 9.80 Å². The molecule has 0 bridgehead atoms. The van der Waals surface area contributed by atoms with Gasteiger partial charge in [0.2, 0.25) is 0 Å². The minimum atomic E-state index is -0.742. The van der Waals surface area contributed by atoms with E-state index in [-0.39, 0.29) is 23.8 Å². The third-order valence-electron chi connectivity index (χ3n) is 4.29. The molecule has 0 aliphatic carbocycles. The lowest BCUT2D eigenvalue weighted by molar-refractivity contribution is -0.136. The maximum atomic E-state index is 13.0. The first-order valence-corrected chi connectivity index (χ1v) is 9.58. The van der Waals surface area contributed by atoms with Gasteiger partial charge in [0.05, 0.1) is 9.90 Å². The van der Waals surface area contributed by atoms with Crippen LogP contribution in [0, 0.1) is 5.82 Å². The Bertz CT molecular complexity index is 837. The van der Waals surface area contributed by atoms with E-state index in [4.69, 9.17) is 22.1 Å². The Morgan fingerprint density at radius 1 is 1.19 bits per heavy atom. The van der Waals surface area contributed by atoms with Crippen LogP contribution in [0.15, 0.2) is 30.3 Å². The second-order valence-corrected chi connectivity index (χ2v) is 7.97. The first-order chi connectivity index (χ1) is 12.9. The van der Waals surface area contributed by atoms with Crippen LogP contribution in [0.2, 0.25) is 4.34 Å². The van der Waals surface area contributed by atoms with Gasteiger partial charge in [-0.05, 0) is 30.3 Å². The molecule has 1 aromatic carbocycles. The van der Waals surface area contributed by atoms with Crippen molar-refractivity contribution in [2.75, 3.05) is 38.5 Å². The van der Waals surface area contributed by atoms with Gasteiger partial charge < -0.3 is 15.4 Å². The number of piperazine rings is 1. The molecule has 144 valence electrons. The zero-order valence-corrected chi connectivity index (χ0v) is 16.1. The molecule has 0 unspecified atom stereocenters. The Balaban J connectivity index is 1.44. The normalized spacial score (nSPS) is 15.0. The van der Waals surface area contributed by atoms with Gasteiger partial charge in [-0.2, -0.15) is 0 Å². The van der Waals surface area contributed by atoms with Crippen LogP contribution < -0.4 is 5.73 Å². The maximum Gasteiger partial charge on any atom is 0.340 e. The number of halogens is 2. The summed E-state index contributed by atoms with van der Waals surface area (Å²) in [5.41, 5.74) is 5.63. The van der Waals surface area contributed by atoms with Crippen molar-refractivity contribution in [1.29, 1.82) is 0 Å². The molecule has 0 radical (unpaired) electrons. The highest BCUT2D eigenvalue weighted by Gasteiger charge is 2.23. The van der Waals surface area contributed by atoms with Gasteiger partial charge in [0, 0.05) is 43.3 Å². The van der Waals surface area contributed by atoms with Crippen molar-refractivity contribution in [3.05, 3.63) is 50.9 Å². The smallest absolute Gasteiger partial charge is 0.340 e. The summed E-state index contributed by atoms with van der Waals surface area (Å²) >= 11 is 7.50. The molecule has 0 spiro atoms. The molecular weight excluding hydrogens is 393 g/mol.